The molecule has 0 spiro atoms. The Morgan fingerprint density at radius 2 is 1.73 bits per heavy atom. The summed E-state index contributed by atoms with van der Waals surface area (Å²) in [5, 5.41) is 0. The van der Waals surface area contributed by atoms with Gasteiger partial charge in [-0.05, 0) is 24.1 Å². The fourth-order valence-electron chi connectivity index (χ4n) is 3.63. The number of benzene rings is 1. The minimum Gasteiger partial charge on any atom is -0.337 e. The largest absolute Gasteiger partial charge is 0.337 e. The van der Waals surface area contributed by atoms with Gasteiger partial charge in [-0.15, -0.1) is 0 Å². The molecule has 30 heavy (non-hydrogen) atoms. The standard InChI is InChI=1S/C20H24N6O3S/c1-14(2)17(23-18-15-6-3-4-7-16(15)30(28,29)24-18)19(27)25-10-12-26(13-11-25)20-21-8-5-9-22-20/h3-9,14,17H,10-13H2,1-2H3,(H,23,24)/t17-/m0/s1. The molecule has 1 saturated heterocycles. The van der Waals surface area contributed by atoms with Gasteiger partial charge in [-0.1, -0.05) is 26.0 Å². The number of aromatic nitrogens is 2. The number of rotatable bonds is 4. The lowest BCUT2D eigenvalue weighted by molar-refractivity contribution is -0.133. The summed E-state index contributed by atoms with van der Waals surface area (Å²) in [4.78, 5) is 30.3. The van der Waals surface area contributed by atoms with Crippen molar-refractivity contribution >= 4 is 27.7 Å². The number of anilines is 1. The summed E-state index contributed by atoms with van der Waals surface area (Å²) in [5.41, 5.74) is 0.502. The van der Waals surface area contributed by atoms with Crippen LogP contribution >= 0.6 is 0 Å². The highest BCUT2D eigenvalue weighted by Gasteiger charge is 2.34. The zero-order chi connectivity index (χ0) is 21.3. The molecule has 9 nitrogen and oxygen atoms in total. The predicted molar refractivity (Wildman–Crippen MR) is 113 cm³/mol. The summed E-state index contributed by atoms with van der Waals surface area (Å²) in [6, 6.07) is 7.76. The first-order chi connectivity index (χ1) is 14.4. The van der Waals surface area contributed by atoms with Gasteiger partial charge < -0.3 is 9.80 Å². The van der Waals surface area contributed by atoms with Gasteiger partial charge in [0.2, 0.25) is 11.9 Å². The van der Waals surface area contributed by atoms with E-state index in [1.165, 1.54) is 6.07 Å². The van der Waals surface area contributed by atoms with Gasteiger partial charge >= 0.3 is 0 Å². The van der Waals surface area contributed by atoms with Gasteiger partial charge in [0.1, 0.15) is 11.9 Å². The molecule has 1 N–H and O–H groups in total. The number of amides is 1. The van der Waals surface area contributed by atoms with Crippen LogP contribution in [0.1, 0.15) is 19.4 Å². The lowest BCUT2D eigenvalue weighted by Crippen LogP contribution is -2.52. The Hall–Kier alpha value is -3.01. The van der Waals surface area contributed by atoms with Crippen LogP contribution in [0.2, 0.25) is 0 Å². The molecule has 1 amide bonds. The second kappa shape index (κ2) is 8.02. The second-order valence-corrected chi connectivity index (χ2v) is 9.28. The number of sulfonamides is 1. The first-order valence-corrected chi connectivity index (χ1v) is 11.4. The van der Waals surface area contributed by atoms with Crippen molar-refractivity contribution in [2.75, 3.05) is 31.1 Å². The van der Waals surface area contributed by atoms with E-state index in [-0.39, 0.29) is 22.6 Å². The third-order valence-electron chi connectivity index (χ3n) is 5.24. The summed E-state index contributed by atoms with van der Waals surface area (Å²) < 4.78 is 27.2. The number of piperazine rings is 1. The van der Waals surface area contributed by atoms with E-state index in [9.17, 15) is 13.2 Å². The monoisotopic (exact) mass is 428 g/mol. The van der Waals surface area contributed by atoms with Gasteiger partial charge in [0.05, 0.1) is 4.90 Å². The van der Waals surface area contributed by atoms with Crippen molar-refractivity contribution in [1.82, 2.24) is 19.6 Å². The number of aliphatic imine (C=N–C) groups is 1. The smallest absolute Gasteiger partial charge is 0.263 e. The number of hydrogen-bond acceptors (Lipinski definition) is 7. The number of carbonyl (C=O) groups excluding carboxylic acids is 1. The second-order valence-electron chi connectivity index (χ2n) is 7.63. The summed E-state index contributed by atoms with van der Waals surface area (Å²) in [6.45, 7) is 6.16. The molecule has 0 unspecified atom stereocenters. The molecule has 2 aliphatic heterocycles. The van der Waals surface area contributed by atoms with E-state index >= 15 is 0 Å². The Bertz CT molecular complexity index is 1060. The van der Waals surface area contributed by atoms with Crippen LogP contribution in [-0.4, -0.2) is 67.2 Å². The Balaban J connectivity index is 1.52. The van der Waals surface area contributed by atoms with E-state index in [1.54, 1.807) is 41.6 Å². The van der Waals surface area contributed by atoms with Crippen LogP contribution in [0.15, 0.2) is 52.6 Å². The molecular weight excluding hydrogens is 404 g/mol. The zero-order valence-corrected chi connectivity index (χ0v) is 17.7. The third-order valence-corrected chi connectivity index (χ3v) is 6.64. The van der Waals surface area contributed by atoms with Crippen LogP contribution < -0.4 is 9.62 Å². The maximum absolute atomic E-state index is 13.2. The van der Waals surface area contributed by atoms with E-state index in [0.717, 1.165) is 0 Å². The first kappa shape index (κ1) is 20.3. The number of hydrogen-bond donors (Lipinski definition) is 1. The van der Waals surface area contributed by atoms with Crippen LogP contribution in [0.5, 0.6) is 0 Å². The van der Waals surface area contributed by atoms with Crippen molar-refractivity contribution in [2.24, 2.45) is 10.9 Å². The summed E-state index contributed by atoms with van der Waals surface area (Å²) in [5.74, 6) is 0.698. The molecule has 0 aliphatic carbocycles. The number of carbonyl (C=O) groups is 1. The number of nitrogens with one attached hydrogen (secondary N) is 1. The van der Waals surface area contributed by atoms with E-state index in [4.69, 9.17) is 0 Å². The lowest BCUT2D eigenvalue weighted by atomic mass is 10.0. The molecular formula is C20H24N6O3S. The normalized spacial score (nSPS) is 20.2. The van der Waals surface area contributed by atoms with E-state index in [1.807, 2.05) is 18.7 Å². The number of amidine groups is 1. The van der Waals surface area contributed by atoms with Crippen molar-refractivity contribution in [1.29, 1.82) is 0 Å². The molecule has 4 rings (SSSR count). The topological polar surface area (TPSA) is 108 Å². The molecule has 0 radical (unpaired) electrons. The van der Waals surface area contributed by atoms with Crippen LogP contribution in [0.25, 0.3) is 0 Å². The lowest BCUT2D eigenvalue weighted by Gasteiger charge is -2.36. The molecule has 1 fully saturated rings. The van der Waals surface area contributed by atoms with Gasteiger partial charge in [-0.2, -0.15) is 0 Å². The van der Waals surface area contributed by atoms with E-state index in [2.05, 4.69) is 19.7 Å². The zero-order valence-electron chi connectivity index (χ0n) is 16.9. The van der Waals surface area contributed by atoms with Crippen LogP contribution in [0, 0.1) is 5.92 Å². The number of fused-ring (bicyclic) bond motifs is 1. The molecule has 1 atom stereocenters. The van der Waals surface area contributed by atoms with Gasteiger partial charge in [-0.3, -0.25) is 14.5 Å². The maximum Gasteiger partial charge on any atom is 0.263 e. The van der Waals surface area contributed by atoms with Crippen LogP contribution in [-0.2, 0) is 14.8 Å². The third kappa shape index (κ3) is 3.87. The Morgan fingerprint density at radius 1 is 1.07 bits per heavy atom. The Kier molecular flexibility index (Phi) is 5.42. The highest BCUT2D eigenvalue weighted by atomic mass is 32.2. The van der Waals surface area contributed by atoms with Gasteiger partial charge in [-0.25, -0.2) is 18.4 Å². The Labute approximate surface area is 175 Å². The highest BCUT2D eigenvalue weighted by molar-refractivity contribution is 7.90. The molecule has 0 saturated carbocycles. The van der Waals surface area contributed by atoms with E-state index in [0.29, 0.717) is 37.7 Å². The van der Waals surface area contributed by atoms with Crippen LogP contribution in [0.3, 0.4) is 0 Å². The molecule has 158 valence electrons. The van der Waals surface area contributed by atoms with Crippen molar-refractivity contribution in [2.45, 2.75) is 24.8 Å². The predicted octanol–water partition coefficient (Wildman–Crippen LogP) is 0.888. The quantitative estimate of drug-likeness (QED) is 0.775. The fraction of sp³-hybridized carbons (Fsp3) is 0.400. The van der Waals surface area contributed by atoms with Gasteiger partial charge in [0.25, 0.3) is 10.0 Å². The SMILES string of the molecule is CC(C)[C@H](N=C1NS(=O)(=O)c2ccccc21)C(=O)N1CCN(c2ncccn2)CC1. The highest BCUT2D eigenvalue weighted by Crippen LogP contribution is 2.24. The minimum absolute atomic E-state index is 0.0854. The summed E-state index contributed by atoms with van der Waals surface area (Å²) in [7, 11) is -3.64. The fourth-order valence-corrected chi connectivity index (χ4v) is 4.87. The molecule has 2 aromatic rings. The average molecular weight is 429 g/mol. The molecule has 2 aliphatic rings. The first-order valence-electron chi connectivity index (χ1n) is 9.87. The summed E-state index contributed by atoms with van der Waals surface area (Å²) >= 11 is 0. The van der Waals surface area contributed by atoms with Crippen molar-refractivity contribution in [3.05, 3.63) is 48.3 Å². The molecule has 10 heteroatoms. The van der Waals surface area contributed by atoms with Gasteiger partial charge in [0, 0.05) is 44.1 Å². The van der Waals surface area contributed by atoms with Crippen LogP contribution in [0.4, 0.5) is 5.95 Å². The number of nitrogens with zero attached hydrogens (tertiary/aromatic N) is 5. The minimum atomic E-state index is -3.64. The molecule has 1 aromatic carbocycles. The Morgan fingerprint density at radius 3 is 2.40 bits per heavy atom. The van der Waals surface area contributed by atoms with E-state index < -0.39 is 16.1 Å². The summed E-state index contributed by atoms with van der Waals surface area (Å²) in [6.07, 6.45) is 3.40. The van der Waals surface area contributed by atoms with Crippen molar-refractivity contribution in [3.63, 3.8) is 0 Å². The molecule has 1 aromatic heterocycles. The molecule has 0 bridgehead atoms. The van der Waals surface area contributed by atoms with Crippen molar-refractivity contribution in [3.8, 4) is 0 Å². The average Bonchev–Trinajstić information content (AvgIpc) is 3.02. The molecule has 3 heterocycles. The van der Waals surface area contributed by atoms with Gasteiger partial charge in [0.15, 0.2) is 0 Å². The van der Waals surface area contributed by atoms with Crippen molar-refractivity contribution < 1.29 is 13.2 Å². The maximum atomic E-state index is 13.2.